The fourth-order valence-corrected chi connectivity index (χ4v) is 4.45. The Kier molecular flexibility index (Phi) is 6.18. The number of aromatic nitrogens is 3. The monoisotopic (exact) mass is 425 g/mol. The van der Waals surface area contributed by atoms with E-state index in [1.165, 1.54) is 17.7 Å². The lowest BCUT2D eigenvalue weighted by atomic mass is 9.94. The Bertz CT molecular complexity index is 1030. The first kappa shape index (κ1) is 20.2. The number of thiazole rings is 1. The minimum atomic E-state index is -0.419. The van der Waals surface area contributed by atoms with E-state index < -0.39 is 6.03 Å². The fourth-order valence-electron chi connectivity index (χ4n) is 3.65. The molecule has 1 aromatic carbocycles. The van der Waals surface area contributed by atoms with Gasteiger partial charge in [0.05, 0.1) is 5.69 Å². The Morgan fingerprint density at radius 2 is 2.00 bits per heavy atom. The highest BCUT2D eigenvalue weighted by Gasteiger charge is 2.26. The molecule has 0 spiro atoms. The maximum atomic E-state index is 12.9. The van der Waals surface area contributed by atoms with Gasteiger partial charge in [-0.3, -0.25) is 10.1 Å². The zero-order chi connectivity index (χ0) is 20.9. The molecule has 8 nitrogen and oxygen atoms in total. The molecule has 30 heavy (non-hydrogen) atoms. The lowest BCUT2D eigenvalue weighted by molar-refractivity contribution is 0.0923. The van der Waals surface area contributed by atoms with Crippen LogP contribution in [0.1, 0.15) is 52.4 Å². The molecule has 1 aliphatic carbocycles. The minimum absolute atomic E-state index is 0.0517. The zero-order valence-corrected chi connectivity index (χ0v) is 17.5. The predicted octanol–water partition coefficient (Wildman–Crippen LogP) is 4.64. The van der Waals surface area contributed by atoms with E-state index in [0.29, 0.717) is 35.1 Å². The van der Waals surface area contributed by atoms with Crippen LogP contribution in [-0.2, 0) is 12.8 Å². The number of hydrogen-bond acceptors (Lipinski definition) is 7. The molecule has 2 amide bonds. The number of Topliss-reactive ketones (excluding diaryl/α,β-unsaturated/α-hetero) is 1. The third kappa shape index (κ3) is 4.91. The number of nitrogens with zero attached hydrogens (tertiary/aromatic N) is 3. The van der Waals surface area contributed by atoms with Gasteiger partial charge in [0.25, 0.3) is 0 Å². The van der Waals surface area contributed by atoms with Crippen LogP contribution in [0.25, 0.3) is 0 Å². The van der Waals surface area contributed by atoms with Crippen molar-refractivity contribution in [1.29, 1.82) is 0 Å². The summed E-state index contributed by atoms with van der Waals surface area (Å²) in [5, 5.41) is 9.64. The summed E-state index contributed by atoms with van der Waals surface area (Å²) in [6, 6.07) is 5.11. The summed E-state index contributed by atoms with van der Waals surface area (Å²) < 4.78 is 4.98. The molecule has 2 N–H and O–H groups in total. The number of nitrogens with one attached hydrogen (secondary N) is 2. The Morgan fingerprint density at radius 1 is 1.17 bits per heavy atom. The molecule has 0 saturated heterocycles. The number of rotatable bonds is 7. The molecule has 0 aliphatic heterocycles. The van der Waals surface area contributed by atoms with Gasteiger partial charge < -0.3 is 9.84 Å². The van der Waals surface area contributed by atoms with E-state index in [1.54, 1.807) is 12.3 Å². The van der Waals surface area contributed by atoms with Gasteiger partial charge in [0.2, 0.25) is 5.89 Å². The van der Waals surface area contributed by atoms with Crippen LogP contribution in [0.3, 0.4) is 0 Å². The maximum absolute atomic E-state index is 12.9. The Balaban J connectivity index is 1.39. The fraction of sp³-hybridized carbons (Fsp3) is 0.381. The smallest absolute Gasteiger partial charge is 0.325 e. The number of amides is 2. The van der Waals surface area contributed by atoms with E-state index >= 15 is 0 Å². The number of carbonyl (C=O) groups is 2. The number of hydrogen-bond donors (Lipinski definition) is 2. The molecule has 1 saturated carbocycles. The molecular formula is C21H23N5O3S. The highest BCUT2D eigenvalue weighted by Crippen LogP contribution is 2.31. The number of anilines is 2. The van der Waals surface area contributed by atoms with Crippen LogP contribution in [0.4, 0.5) is 15.6 Å². The summed E-state index contributed by atoms with van der Waals surface area (Å²) in [7, 11) is 0. The lowest BCUT2D eigenvalue weighted by Crippen LogP contribution is -2.22. The van der Waals surface area contributed by atoms with Gasteiger partial charge in [-0.15, -0.1) is 11.3 Å². The largest absolute Gasteiger partial charge is 0.340 e. The number of benzene rings is 1. The third-order valence-electron chi connectivity index (χ3n) is 5.18. The number of ketones is 1. The Hall–Kier alpha value is -3.07. The van der Waals surface area contributed by atoms with Crippen LogP contribution in [0.15, 0.2) is 35.2 Å². The van der Waals surface area contributed by atoms with Crippen LogP contribution >= 0.6 is 11.3 Å². The molecule has 156 valence electrons. The van der Waals surface area contributed by atoms with E-state index in [2.05, 4.69) is 25.8 Å². The summed E-state index contributed by atoms with van der Waals surface area (Å²) >= 11 is 1.39. The van der Waals surface area contributed by atoms with Crippen LogP contribution in [0.2, 0.25) is 0 Å². The molecule has 0 unspecified atom stereocenters. The SMILES string of the molecule is Cc1ccc(NC(=O)Nc2ncc(CCc3ncno3)s2)c(C(=O)C2CCCC2)c1. The molecule has 4 rings (SSSR count). The normalized spacial score (nSPS) is 14.0. The average Bonchev–Trinajstić information content (AvgIpc) is 3.50. The van der Waals surface area contributed by atoms with Gasteiger partial charge in [-0.05, 0) is 38.3 Å². The Morgan fingerprint density at radius 3 is 2.77 bits per heavy atom. The van der Waals surface area contributed by atoms with E-state index in [-0.39, 0.29) is 11.7 Å². The molecule has 3 aromatic rings. The highest BCUT2D eigenvalue weighted by atomic mass is 32.1. The quantitative estimate of drug-likeness (QED) is 0.534. The molecule has 1 aliphatic rings. The second-order valence-corrected chi connectivity index (χ2v) is 8.56. The van der Waals surface area contributed by atoms with Gasteiger partial charge in [0, 0.05) is 29.0 Å². The van der Waals surface area contributed by atoms with Crippen LogP contribution in [-0.4, -0.2) is 26.9 Å². The van der Waals surface area contributed by atoms with Crippen molar-refractivity contribution >= 4 is 34.0 Å². The summed E-state index contributed by atoms with van der Waals surface area (Å²) in [6.45, 7) is 1.95. The first-order chi connectivity index (χ1) is 14.6. The molecule has 0 radical (unpaired) electrons. The van der Waals surface area contributed by atoms with E-state index in [1.807, 2.05) is 19.1 Å². The summed E-state index contributed by atoms with van der Waals surface area (Å²) in [6.07, 6.45) is 8.42. The van der Waals surface area contributed by atoms with Gasteiger partial charge in [0.1, 0.15) is 0 Å². The van der Waals surface area contributed by atoms with Gasteiger partial charge in [-0.1, -0.05) is 29.6 Å². The van der Waals surface area contributed by atoms with Gasteiger partial charge in [0.15, 0.2) is 17.2 Å². The van der Waals surface area contributed by atoms with Gasteiger partial charge in [-0.2, -0.15) is 4.98 Å². The summed E-state index contributed by atoms with van der Waals surface area (Å²) in [5.74, 6) is 0.731. The molecule has 2 aromatic heterocycles. The van der Waals surface area contributed by atoms with Crippen molar-refractivity contribution in [3.05, 3.63) is 52.6 Å². The molecule has 2 heterocycles. The van der Waals surface area contributed by atoms with E-state index in [9.17, 15) is 9.59 Å². The van der Waals surface area contributed by atoms with E-state index in [0.717, 1.165) is 36.1 Å². The zero-order valence-electron chi connectivity index (χ0n) is 16.7. The highest BCUT2D eigenvalue weighted by molar-refractivity contribution is 7.15. The van der Waals surface area contributed by atoms with Crippen LogP contribution in [0.5, 0.6) is 0 Å². The van der Waals surface area contributed by atoms with Crippen molar-refractivity contribution in [3.63, 3.8) is 0 Å². The van der Waals surface area contributed by atoms with Gasteiger partial charge in [-0.25, -0.2) is 9.78 Å². The van der Waals surface area contributed by atoms with Crippen molar-refractivity contribution < 1.29 is 14.1 Å². The van der Waals surface area contributed by atoms with Crippen molar-refractivity contribution in [2.75, 3.05) is 10.6 Å². The van der Waals surface area contributed by atoms with Crippen molar-refractivity contribution in [2.45, 2.75) is 45.4 Å². The topological polar surface area (TPSA) is 110 Å². The standard InChI is InChI=1S/C21H23N5O3S/c1-13-6-8-17(16(10-13)19(27)14-4-2-3-5-14)25-20(28)26-21-22-11-15(30-21)7-9-18-23-12-24-29-18/h6,8,10-12,14H,2-5,7,9H2,1H3,(H2,22,25,26,28). The summed E-state index contributed by atoms with van der Waals surface area (Å²) in [5.41, 5.74) is 2.10. The maximum Gasteiger partial charge on any atom is 0.325 e. The molecule has 0 bridgehead atoms. The minimum Gasteiger partial charge on any atom is -0.340 e. The molecule has 1 fully saturated rings. The summed E-state index contributed by atoms with van der Waals surface area (Å²) in [4.78, 5) is 34.7. The third-order valence-corrected chi connectivity index (χ3v) is 6.15. The van der Waals surface area contributed by atoms with Crippen molar-refractivity contribution in [2.24, 2.45) is 5.92 Å². The number of aryl methyl sites for hydroxylation is 3. The molecule has 0 atom stereocenters. The Labute approximate surface area is 178 Å². The first-order valence-corrected chi connectivity index (χ1v) is 10.8. The average molecular weight is 426 g/mol. The van der Waals surface area contributed by atoms with E-state index in [4.69, 9.17) is 4.52 Å². The first-order valence-electron chi connectivity index (χ1n) is 10.0. The second kappa shape index (κ2) is 9.17. The predicted molar refractivity (Wildman–Crippen MR) is 114 cm³/mol. The van der Waals surface area contributed by atoms with Crippen LogP contribution < -0.4 is 10.6 Å². The molecule has 9 heteroatoms. The van der Waals surface area contributed by atoms with Crippen molar-refractivity contribution in [3.8, 4) is 0 Å². The van der Waals surface area contributed by atoms with Crippen LogP contribution in [0, 0.1) is 12.8 Å². The number of urea groups is 1. The van der Waals surface area contributed by atoms with Gasteiger partial charge >= 0.3 is 6.03 Å². The number of carbonyl (C=O) groups excluding carboxylic acids is 2. The lowest BCUT2D eigenvalue weighted by Gasteiger charge is -2.14. The molecular weight excluding hydrogens is 402 g/mol. The second-order valence-electron chi connectivity index (χ2n) is 7.44. The van der Waals surface area contributed by atoms with Crippen molar-refractivity contribution in [1.82, 2.24) is 15.1 Å².